The lowest BCUT2D eigenvalue weighted by Crippen LogP contribution is -2.11. The molecule has 1 nitrogen and oxygen atoms in total. The van der Waals surface area contributed by atoms with Crippen molar-refractivity contribution in [1.82, 2.24) is 0 Å². The third-order valence-corrected chi connectivity index (χ3v) is 2.92. The molecule has 0 saturated carbocycles. The van der Waals surface area contributed by atoms with E-state index in [2.05, 4.69) is 60.7 Å². The molecule has 1 heteroatoms. The lowest BCUT2D eigenvalue weighted by Gasteiger charge is -2.14. The van der Waals surface area contributed by atoms with E-state index in [4.69, 9.17) is 5.73 Å². The van der Waals surface area contributed by atoms with Crippen LogP contribution in [0, 0.1) is 0 Å². The van der Waals surface area contributed by atoms with Crippen LogP contribution in [0.15, 0.2) is 72.8 Å². The van der Waals surface area contributed by atoms with Crippen LogP contribution < -0.4 is 5.73 Å². The first kappa shape index (κ1) is 12.6. The summed E-state index contributed by atoms with van der Waals surface area (Å²) in [4.78, 5) is 0. The number of hydrogen-bond acceptors (Lipinski definition) is 1. The van der Waals surface area contributed by atoms with Crippen LogP contribution >= 0.6 is 0 Å². The molecule has 0 aliphatic heterocycles. The van der Waals surface area contributed by atoms with Crippen molar-refractivity contribution in [1.29, 1.82) is 0 Å². The second-order valence-electron chi connectivity index (χ2n) is 4.54. The molecule has 2 rings (SSSR count). The predicted molar refractivity (Wildman–Crippen MR) is 77.5 cm³/mol. The van der Waals surface area contributed by atoms with Crippen LogP contribution in [0.4, 0.5) is 0 Å². The molecule has 1 atom stereocenters. The van der Waals surface area contributed by atoms with Crippen LogP contribution in [0.5, 0.6) is 0 Å². The molecule has 0 radical (unpaired) electrons. The summed E-state index contributed by atoms with van der Waals surface area (Å²) in [6.45, 7) is 1.99. The predicted octanol–water partition coefficient (Wildman–Crippen LogP) is 3.72. The highest BCUT2D eigenvalue weighted by Gasteiger charge is 2.09. The minimum atomic E-state index is 0.0833. The quantitative estimate of drug-likeness (QED) is 0.806. The molecule has 0 spiro atoms. The van der Waals surface area contributed by atoms with Crippen molar-refractivity contribution < 1.29 is 0 Å². The van der Waals surface area contributed by atoms with Crippen molar-refractivity contribution in [2.24, 2.45) is 5.73 Å². The van der Waals surface area contributed by atoms with Gasteiger partial charge in [-0.2, -0.15) is 0 Å². The van der Waals surface area contributed by atoms with Crippen LogP contribution in [-0.2, 0) is 0 Å². The molecule has 18 heavy (non-hydrogen) atoms. The summed E-state index contributed by atoms with van der Waals surface area (Å²) in [5.41, 5.74) is 8.39. The summed E-state index contributed by atoms with van der Waals surface area (Å²) in [5.74, 6) is 0.276. The van der Waals surface area contributed by atoms with Crippen LogP contribution in [0.25, 0.3) is 0 Å². The molecule has 2 N–H and O–H groups in total. The molecule has 0 heterocycles. The highest BCUT2D eigenvalue weighted by Crippen LogP contribution is 2.25. The summed E-state index contributed by atoms with van der Waals surface area (Å²) >= 11 is 0. The summed E-state index contributed by atoms with van der Waals surface area (Å²) in [5, 5.41) is 0. The first-order valence-corrected chi connectivity index (χ1v) is 6.31. The van der Waals surface area contributed by atoms with Gasteiger partial charge in [-0.05, 0) is 18.1 Å². The van der Waals surface area contributed by atoms with Crippen molar-refractivity contribution >= 4 is 0 Å². The second kappa shape index (κ2) is 6.18. The molecule has 1 unspecified atom stereocenters. The highest BCUT2D eigenvalue weighted by atomic mass is 14.6. The Hall–Kier alpha value is -1.86. The average Bonchev–Trinajstić information content (AvgIpc) is 2.41. The SMILES string of the molecule is CC(N)/C=C/C(c1ccccc1)c1ccccc1. The van der Waals surface area contributed by atoms with E-state index in [1.54, 1.807) is 0 Å². The van der Waals surface area contributed by atoms with Crippen molar-refractivity contribution in [2.75, 3.05) is 0 Å². The molecule has 0 saturated heterocycles. The van der Waals surface area contributed by atoms with Gasteiger partial charge in [0.15, 0.2) is 0 Å². The van der Waals surface area contributed by atoms with E-state index < -0.39 is 0 Å². The topological polar surface area (TPSA) is 26.0 Å². The molecule has 0 bridgehead atoms. The molecule has 0 fully saturated rings. The maximum absolute atomic E-state index is 5.81. The first-order chi connectivity index (χ1) is 8.77. The van der Waals surface area contributed by atoms with Gasteiger partial charge in [0, 0.05) is 12.0 Å². The van der Waals surface area contributed by atoms with Crippen LogP contribution in [0.3, 0.4) is 0 Å². The van der Waals surface area contributed by atoms with E-state index in [-0.39, 0.29) is 12.0 Å². The Labute approximate surface area is 109 Å². The van der Waals surface area contributed by atoms with Gasteiger partial charge in [0.1, 0.15) is 0 Å². The number of nitrogens with two attached hydrogens (primary N) is 1. The van der Waals surface area contributed by atoms with Gasteiger partial charge in [0.05, 0.1) is 0 Å². The smallest absolute Gasteiger partial charge is 0.0270 e. The molecular weight excluding hydrogens is 218 g/mol. The molecule has 0 aliphatic carbocycles. The number of benzene rings is 2. The number of rotatable bonds is 4. The second-order valence-corrected chi connectivity index (χ2v) is 4.54. The van der Waals surface area contributed by atoms with Crippen molar-refractivity contribution in [3.8, 4) is 0 Å². The highest BCUT2D eigenvalue weighted by molar-refractivity contribution is 5.36. The van der Waals surface area contributed by atoms with Gasteiger partial charge in [-0.25, -0.2) is 0 Å². The Bertz CT molecular complexity index is 446. The molecule has 2 aromatic rings. The lowest BCUT2D eigenvalue weighted by atomic mass is 9.90. The molecule has 92 valence electrons. The van der Waals surface area contributed by atoms with E-state index in [1.807, 2.05) is 19.1 Å². The Kier molecular flexibility index (Phi) is 4.32. The standard InChI is InChI=1S/C17H19N/c1-14(18)12-13-17(15-8-4-2-5-9-15)16-10-6-3-7-11-16/h2-14,17H,18H2,1H3/b13-12+. The Morgan fingerprint density at radius 2 is 1.22 bits per heavy atom. The Morgan fingerprint density at radius 1 is 0.778 bits per heavy atom. The monoisotopic (exact) mass is 237 g/mol. The summed E-state index contributed by atoms with van der Waals surface area (Å²) in [6, 6.07) is 21.1. The Morgan fingerprint density at radius 3 is 1.61 bits per heavy atom. The zero-order valence-electron chi connectivity index (χ0n) is 10.7. The van der Waals surface area contributed by atoms with Crippen molar-refractivity contribution in [3.05, 3.63) is 83.9 Å². The zero-order valence-corrected chi connectivity index (χ0v) is 10.7. The largest absolute Gasteiger partial charge is 0.325 e. The van der Waals surface area contributed by atoms with E-state index in [9.17, 15) is 0 Å². The van der Waals surface area contributed by atoms with Gasteiger partial charge < -0.3 is 5.73 Å². The Balaban J connectivity index is 2.35. The molecule has 0 aliphatic rings. The van der Waals surface area contributed by atoms with Crippen molar-refractivity contribution in [3.63, 3.8) is 0 Å². The number of allylic oxidation sites excluding steroid dienone is 1. The van der Waals surface area contributed by atoms with Gasteiger partial charge in [-0.15, -0.1) is 0 Å². The summed E-state index contributed by atoms with van der Waals surface area (Å²) in [6.07, 6.45) is 4.25. The molecule has 2 aromatic carbocycles. The first-order valence-electron chi connectivity index (χ1n) is 6.31. The third kappa shape index (κ3) is 3.31. The maximum Gasteiger partial charge on any atom is 0.0270 e. The molecular formula is C17H19N. The van der Waals surface area contributed by atoms with Crippen LogP contribution in [0.2, 0.25) is 0 Å². The molecule has 0 amide bonds. The van der Waals surface area contributed by atoms with Gasteiger partial charge in [-0.3, -0.25) is 0 Å². The van der Waals surface area contributed by atoms with Gasteiger partial charge in [-0.1, -0.05) is 72.8 Å². The fraction of sp³-hybridized carbons (Fsp3) is 0.176. The lowest BCUT2D eigenvalue weighted by molar-refractivity contribution is 0.905. The van der Waals surface area contributed by atoms with E-state index in [0.717, 1.165) is 0 Å². The average molecular weight is 237 g/mol. The third-order valence-electron chi connectivity index (χ3n) is 2.92. The minimum Gasteiger partial charge on any atom is -0.325 e. The van der Waals surface area contributed by atoms with Gasteiger partial charge in [0.2, 0.25) is 0 Å². The van der Waals surface area contributed by atoms with Crippen LogP contribution in [-0.4, -0.2) is 6.04 Å². The number of hydrogen-bond donors (Lipinski definition) is 1. The van der Waals surface area contributed by atoms with E-state index in [0.29, 0.717) is 0 Å². The van der Waals surface area contributed by atoms with Crippen LogP contribution in [0.1, 0.15) is 24.0 Å². The van der Waals surface area contributed by atoms with E-state index in [1.165, 1.54) is 11.1 Å². The fourth-order valence-corrected chi connectivity index (χ4v) is 2.02. The minimum absolute atomic E-state index is 0.0833. The zero-order chi connectivity index (χ0) is 12.8. The fourth-order valence-electron chi connectivity index (χ4n) is 2.02. The van der Waals surface area contributed by atoms with Gasteiger partial charge >= 0.3 is 0 Å². The normalized spacial score (nSPS) is 13.1. The van der Waals surface area contributed by atoms with Gasteiger partial charge in [0.25, 0.3) is 0 Å². The molecule has 0 aromatic heterocycles. The maximum atomic E-state index is 5.81. The van der Waals surface area contributed by atoms with E-state index >= 15 is 0 Å². The summed E-state index contributed by atoms with van der Waals surface area (Å²) < 4.78 is 0. The van der Waals surface area contributed by atoms with Crippen molar-refractivity contribution in [2.45, 2.75) is 18.9 Å². The summed E-state index contributed by atoms with van der Waals surface area (Å²) in [7, 11) is 0.